The Morgan fingerprint density at radius 1 is 1.18 bits per heavy atom. The van der Waals surface area contributed by atoms with Crippen LogP contribution in [0.5, 0.6) is 0 Å². The molecule has 1 fully saturated rings. The topological polar surface area (TPSA) is 21.3 Å². The van der Waals surface area contributed by atoms with E-state index in [2.05, 4.69) is 35.6 Å². The molecular weight excluding hydrogens is 210 g/mol. The Morgan fingerprint density at radius 2 is 1.88 bits per heavy atom. The van der Waals surface area contributed by atoms with E-state index in [0.29, 0.717) is 0 Å². The second-order valence-electron chi connectivity index (χ2n) is 5.00. The lowest BCUT2D eigenvalue weighted by molar-refractivity contribution is -0.0366. The first-order chi connectivity index (χ1) is 8.35. The van der Waals surface area contributed by atoms with Crippen molar-refractivity contribution in [3.05, 3.63) is 35.9 Å². The van der Waals surface area contributed by atoms with Gasteiger partial charge < -0.3 is 10.1 Å². The molecule has 0 amide bonds. The summed E-state index contributed by atoms with van der Waals surface area (Å²) in [5.74, 6) is 0. The van der Waals surface area contributed by atoms with E-state index in [4.69, 9.17) is 4.74 Å². The summed E-state index contributed by atoms with van der Waals surface area (Å²) in [5, 5.41) is 3.27. The van der Waals surface area contributed by atoms with Gasteiger partial charge in [0.05, 0.1) is 12.2 Å². The number of benzene rings is 1. The highest BCUT2D eigenvalue weighted by Gasteiger charge is 2.33. The molecule has 1 aliphatic carbocycles. The van der Waals surface area contributed by atoms with Crippen molar-refractivity contribution in [2.75, 3.05) is 20.2 Å². The van der Waals surface area contributed by atoms with Crippen LogP contribution >= 0.6 is 0 Å². The van der Waals surface area contributed by atoms with E-state index >= 15 is 0 Å². The van der Waals surface area contributed by atoms with Crippen LogP contribution in [0, 0.1) is 0 Å². The molecule has 2 heteroatoms. The summed E-state index contributed by atoms with van der Waals surface area (Å²) in [6.07, 6.45) is 6.07. The molecule has 0 radical (unpaired) electrons. The fourth-order valence-corrected chi connectivity index (χ4v) is 2.74. The first-order valence-electron chi connectivity index (χ1n) is 6.67. The summed E-state index contributed by atoms with van der Waals surface area (Å²) in [6.45, 7) is 1.83. The van der Waals surface area contributed by atoms with E-state index in [1.54, 1.807) is 0 Å². The van der Waals surface area contributed by atoms with Crippen molar-refractivity contribution in [3.63, 3.8) is 0 Å². The zero-order chi connectivity index (χ0) is 12.0. The van der Waals surface area contributed by atoms with Crippen LogP contribution in [0.1, 0.15) is 31.2 Å². The van der Waals surface area contributed by atoms with Gasteiger partial charge in [-0.3, -0.25) is 0 Å². The van der Waals surface area contributed by atoms with Gasteiger partial charge in [0.15, 0.2) is 0 Å². The molecule has 2 rings (SSSR count). The van der Waals surface area contributed by atoms with Crippen molar-refractivity contribution in [3.8, 4) is 0 Å². The molecule has 17 heavy (non-hydrogen) atoms. The standard InChI is InChI=1S/C15H23NO/c1-16-13-15(10-5-6-11-15)17-12-9-14-7-3-2-4-8-14/h2-4,7-8,16H,5-6,9-13H2,1H3. The molecular formula is C15H23NO. The Bertz CT molecular complexity index is 317. The van der Waals surface area contributed by atoms with Crippen LogP contribution in [0.2, 0.25) is 0 Å². The van der Waals surface area contributed by atoms with E-state index in [1.165, 1.54) is 31.2 Å². The van der Waals surface area contributed by atoms with Gasteiger partial charge in [-0.05, 0) is 31.9 Å². The molecule has 1 aliphatic rings. The minimum Gasteiger partial charge on any atom is -0.373 e. The van der Waals surface area contributed by atoms with E-state index in [1.807, 2.05) is 7.05 Å². The second-order valence-corrected chi connectivity index (χ2v) is 5.00. The third-order valence-electron chi connectivity index (χ3n) is 3.66. The average molecular weight is 233 g/mol. The Hall–Kier alpha value is -0.860. The molecule has 2 nitrogen and oxygen atoms in total. The van der Waals surface area contributed by atoms with Crippen molar-refractivity contribution in [2.24, 2.45) is 0 Å². The lowest BCUT2D eigenvalue weighted by Crippen LogP contribution is -2.40. The molecule has 1 aromatic rings. The highest BCUT2D eigenvalue weighted by atomic mass is 16.5. The molecule has 0 heterocycles. The molecule has 1 N–H and O–H groups in total. The van der Waals surface area contributed by atoms with Crippen molar-refractivity contribution in [1.82, 2.24) is 5.32 Å². The lowest BCUT2D eigenvalue weighted by Gasteiger charge is -2.29. The highest BCUT2D eigenvalue weighted by molar-refractivity contribution is 5.14. The summed E-state index contributed by atoms with van der Waals surface area (Å²) < 4.78 is 6.17. The maximum absolute atomic E-state index is 6.17. The predicted molar refractivity (Wildman–Crippen MR) is 71.2 cm³/mol. The molecule has 1 aromatic carbocycles. The van der Waals surface area contributed by atoms with Crippen LogP contribution in [0.3, 0.4) is 0 Å². The van der Waals surface area contributed by atoms with Crippen molar-refractivity contribution < 1.29 is 4.74 Å². The van der Waals surface area contributed by atoms with Crippen LogP contribution in [0.4, 0.5) is 0 Å². The summed E-state index contributed by atoms with van der Waals surface area (Å²) in [7, 11) is 2.01. The molecule has 0 aliphatic heterocycles. The van der Waals surface area contributed by atoms with Gasteiger partial charge in [0, 0.05) is 6.54 Å². The summed E-state index contributed by atoms with van der Waals surface area (Å²) >= 11 is 0. The van der Waals surface area contributed by atoms with Gasteiger partial charge in [0.2, 0.25) is 0 Å². The number of ether oxygens (including phenoxy) is 1. The molecule has 0 unspecified atom stereocenters. The largest absolute Gasteiger partial charge is 0.373 e. The van der Waals surface area contributed by atoms with Crippen LogP contribution in [0.15, 0.2) is 30.3 Å². The summed E-state index contributed by atoms with van der Waals surface area (Å²) in [5.41, 5.74) is 1.48. The molecule has 94 valence electrons. The van der Waals surface area contributed by atoms with Gasteiger partial charge in [-0.25, -0.2) is 0 Å². The van der Waals surface area contributed by atoms with E-state index in [-0.39, 0.29) is 5.60 Å². The number of rotatable bonds is 6. The third-order valence-corrected chi connectivity index (χ3v) is 3.66. The monoisotopic (exact) mass is 233 g/mol. The first-order valence-corrected chi connectivity index (χ1v) is 6.67. The first kappa shape index (κ1) is 12.6. The van der Waals surface area contributed by atoms with Crippen LogP contribution in [-0.4, -0.2) is 25.8 Å². The molecule has 0 atom stereocenters. The van der Waals surface area contributed by atoms with Crippen molar-refractivity contribution in [2.45, 2.75) is 37.7 Å². The Kier molecular flexibility index (Phi) is 4.57. The van der Waals surface area contributed by atoms with Crippen LogP contribution in [0.25, 0.3) is 0 Å². The van der Waals surface area contributed by atoms with Crippen molar-refractivity contribution >= 4 is 0 Å². The average Bonchev–Trinajstić information content (AvgIpc) is 2.80. The smallest absolute Gasteiger partial charge is 0.0806 e. The minimum atomic E-state index is 0.115. The lowest BCUT2D eigenvalue weighted by atomic mass is 10.0. The second kappa shape index (κ2) is 6.18. The van der Waals surface area contributed by atoms with Crippen LogP contribution in [-0.2, 0) is 11.2 Å². The zero-order valence-electron chi connectivity index (χ0n) is 10.7. The maximum atomic E-state index is 6.17. The number of hydrogen-bond donors (Lipinski definition) is 1. The van der Waals surface area contributed by atoms with E-state index in [0.717, 1.165) is 19.6 Å². The number of nitrogens with one attached hydrogen (secondary N) is 1. The molecule has 0 aromatic heterocycles. The van der Waals surface area contributed by atoms with E-state index < -0.39 is 0 Å². The van der Waals surface area contributed by atoms with Gasteiger partial charge in [0.1, 0.15) is 0 Å². The minimum absolute atomic E-state index is 0.115. The molecule has 0 bridgehead atoms. The fraction of sp³-hybridized carbons (Fsp3) is 0.600. The van der Waals surface area contributed by atoms with Gasteiger partial charge in [-0.2, -0.15) is 0 Å². The normalized spacial score (nSPS) is 18.4. The van der Waals surface area contributed by atoms with Gasteiger partial charge >= 0.3 is 0 Å². The van der Waals surface area contributed by atoms with Gasteiger partial charge in [-0.15, -0.1) is 0 Å². The zero-order valence-corrected chi connectivity index (χ0v) is 10.7. The fourth-order valence-electron chi connectivity index (χ4n) is 2.74. The highest BCUT2D eigenvalue weighted by Crippen LogP contribution is 2.32. The Balaban J connectivity index is 1.80. The number of likely N-dealkylation sites (N-methyl/N-ethyl adjacent to an activating group) is 1. The summed E-state index contributed by atoms with van der Waals surface area (Å²) in [6, 6.07) is 10.6. The molecule has 1 saturated carbocycles. The molecule has 0 saturated heterocycles. The Labute approximate surface area is 104 Å². The van der Waals surface area contributed by atoms with Crippen LogP contribution < -0.4 is 5.32 Å². The SMILES string of the molecule is CNCC1(OCCc2ccccc2)CCCC1. The predicted octanol–water partition coefficient (Wildman–Crippen LogP) is 2.78. The molecule has 0 spiro atoms. The Morgan fingerprint density at radius 3 is 2.53 bits per heavy atom. The van der Waals surface area contributed by atoms with Crippen molar-refractivity contribution in [1.29, 1.82) is 0 Å². The van der Waals surface area contributed by atoms with E-state index in [9.17, 15) is 0 Å². The quantitative estimate of drug-likeness (QED) is 0.816. The van der Waals surface area contributed by atoms with Gasteiger partial charge in [0.25, 0.3) is 0 Å². The van der Waals surface area contributed by atoms with Gasteiger partial charge in [-0.1, -0.05) is 43.2 Å². The summed E-state index contributed by atoms with van der Waals surface area (Å²) in [4.78, 5) is 0. The maximum Gasteiger partial charge on any atom is 0.0806 e. The third kappa shape index (κ3) is 3.55. The number of hydrogen-bond acceptors (Lipinski definition) is 2.